The molecule has 3 aromatic rings. The van der Waals surface area contributed by atoms with Crippen LogP contribution in [-0.4, -0.2) is 40.8 Å². The molecule has 1 saturated heterocycles. The monoisotopic (exact) mass is 441 g/mol. The molecule has 0 spiro atoms. The number of aromatic nitrogens is 1. The molecule has 1 amide bonds. The summed E-state index contributed by atoms with van der Waals surface area (Å²) in [4.78, 5) is 21.2. The maximum absolute atomic E-state index is 13.1. The van der Waals surface area contributed by atoms with E-state index < -0.39 is 0 Å². The zero-order valence-corrected chi connectivity index (χ0v) is 18.2. The van der Waals surface area contributed by atoms with Gasteiger partial charge in [-0.3, -0.25) is 9.69 Å². The van der Waals surface area contributed by atoms with Crippen molar-refractivity contribution in [2.24, 2.45) is 0 Å². The van der Waals surface area contributed by atoms with Crippen LogP contribution in [0.3, 0.4) is 0 Å². The van der Waals surface area contributed by atoms with E-state index in [4.69, 9.17) is 16.0 Å². The van der Waals surface area contributed by atoms with Gasteiger partial charge in [0.05, 0.1) is 12.7 Å². The number of rotatable bonds is 7. The van der Waals surface area contributed by atoms with Gasteiger partial charge in [0.25, 0.3) is 0 Å². The van der Waals surface area contributed by atoms with E-state index in [1.54, 1.807) is 18.3 Å². The van der Waals surface area contributed by atoms with Gasteiger partial charge in [-0.15, -0.1) is 0 Å². The third-order valence-corrected chi connectivity index (χ3v) is 5.89. The van der Waals surface area contributed by atoms with E-state index in [1.165, 1.54) is 12.1 Å². The van der Waals surface area contributed by atoms with E-state index in [1.807, 2.05) is 41.1 Å². The highest BCUT2D eigenvalue weighted by atomic mass is 35.5. The van der Waals surface area contributed by atoms with Gasteiger partial charge in [-0.25, -0.2) is 9.37 Å². The highest BCUT2D eigenvalue weighted by Crippen LogP contribution is 2.32. The molecule has 2 aromatic carbocycles. The number of hydrogen-bond donors (Lipinski definition) is 0. The van der Waals surface area contributed by atoms with Crippen molar-refractivity contribution in [2.45, 2.75) is 31.8 Å². The number of oxazole rings is 1. The zero-order chi connectivity index (χ0) is 21.8. The van der Waals surface area contributed by atoms with Crippen molar-refractivity contribution in [3.63, 3.8) is 0 Å². The van der Waals surface area contributed by atoms with Gasteiger partial charge < -0.3 is 9.32 Å². The van der Waals surface area contributed by atoms with E-state index >= 15 is 0 Å². The second-order valence-corrected chi connectivity index (χ2v) is 8.38. The highest BCUT2D eigenvalue weighted by Gasteiger charge is 2.33. The number of likely N-dealkylation sites (tertiary alicyclic amines) is 1. The number of amides is 1. The first-order valence-electron chi connectivity index (χ1n) is 10.4. The number of nitrogens with zero attached hydrogens (tertiary/aromatic N) is 3. The number of hydrogen-bond acceptors (Lipinski definition) is 4. The van der Waals surface area contributed by atoms with E-state index in [-0.39, 0.29) is 24.3 Å². The van der Waals surface area contributed by atoms with Crippen molar-refractivity contribution in [2.75, 3.05) is 20.1 Å². The first-order valence-corrected chi connectivity index (χ1v) is 10.8. The van der Waals surface area contributed by atoms with Crippen LogP contribution in [0.2, 0.25) is 5.02 Å². The average Bonchev–Trinajstić information content (AvgIpc) is 3.41. The van der Waals surface area contributed by atoms with Crippen molar-refractivity contribution in [3.8, 4) is 0 Å². The van der Waals surface area contributed by atoms with Gasteiger partial charge in [-0.05, 0) is 49.2 Å². The second kappa shape index (κ2) is 9.62. The lowest BCUT2D eigenvalue weighted by atomic mass is 10.1. The maximum atomic E-state index is 13.1. The molecule has 0 N–H and O–H groups in total. The van der Waals surface area contributed by atoms with Gasteiger partial charge in [0.2, 0.25) is 11.8 Å². The first kappa shape index (κ1) is 21.5. The van der Waals surface area contributed by atoms with Gasteiger partial charge >= 0.3 is 0 Å². The summed E-state index contributed by atoms with van der Waals surface area (Å²) in [5.74, 6) is 1.09. The van der Waals surface area contributed by atoms with E-state index in [9.17, 15) is 9.18 Å². The molecule has 0 saturated carbocycles. The number of carbonyl (C=O) groups is 1. The van der Waals surface area contributed by atoms with Crippen LogP contribution in [0.15, 0.2) is 59.1 Å². The fraction of sp³-hybridized carbons (Fsp3) is 0.333. The highest BCUT2D eigenvalue weighted by molar-refractivity contribution is 6.31. The summed E-state index contributed by atoms with van der Waals surface area (Å²) in [6.45, 7) is 1.54. The van der Waals surface area contributed by atoms with Crippen LogP contribution >= 0.6 is 11.6 Å². The van der Waals surface area contributed by atoms with Gasteiger partial charge in [0.1, 0.15) is 17.6 Å². The Morgan fingerprint density at radius 2 is 2.03 bits per heavy atom. The summed E-state index contributed by atoms with van der Waals surface area (Å²) in [6, 6.07) is 13.9. The van der Waals surface area contributed by atoms with Gasteiger partial charge in [0, 0.05) is 24.5 Å². The van der Waals surface area contributed by atoms with Crippen LogP contribution in [-0.2, 0) is 17.8 Å². The van der Waals surface area contributed by atoms with E-state index in [2.05, 4.69) is 4.98 Å². The number of likely N-dealkylation sites (N-methyl/N-ethyl adjacent to an activating group) is 1. The normalized spacial score (nSPS) is 16.3. The Balaban J connectivity index is 1.38. The molecule has 4 rings (SSSR count). The summed E-state index contributed by atoms with van der Waals surface area (Å²) in [5.41, 5.74) is 1.94. The summed E-state index contributed by atoms with van der Waals surface area (Å²) in [6.07, 6.45) is 4.04. The molecule has 0 unspecified atom stereocenters. The Kier molecular flexibility index (Phi) is 6.68. The molecule has 2 heterocycles. The topological polar surface area (TPSA) is 49.6 Å². The van der Waals surface area contributed by atoms with Crippen LogP contribution in [0.5, 0.6) is 0 Å². The molecular weight excluding hydrogens is 417 g/mol. The van der Waals surface area contributed by atoms with Crippen molar-refractivity contribution in [3.05, 3.63) is 88.3 Å². The van der Waals surface area contributed by atoms with Crippen LogP contribution in [0, 0.1) is 5.82 Å². The molecule has 0 radical (unpaired) electrons. The Morgan fingerprint density at radius 3 is 2.81 bits per heavy atom. The molecule has 1 aliphatic rings. The fourth-order valence-corrected chi connectivity index (χ4v) is 4.19. The van der Waals surface area contributed by atoms with Crippen molar-refractivity contribution < 1.29 is 13.6 Å². The third kappa shape index (κ3) is 5.32. The molecule has 7 heteroatoms. The lowest BCUT2D eigenvalue weighted by molar-refractivity contribution is -0.133. The molecule has 162 valence electrons. The van der Waals surface area contributed by atoms with Crippen LogP contribution in [0.1, 0.15) is 41.7 Å². The minimum absolute atomic E-state index is 0.0398. The molecule has 5 nitrogen and oxygen atoms in total. The summed E-state index contributed by atoms with van der Waals surface area (Å²) >= 11 is 6.25. The van der Waals surface area contributed by atoms with E-state index in [0.717, 1.165) is 29.7 Å². The molecule has 0 bridgehead atoms. The lowest BCUT2D eigenvalue weighted by Gasteiger charge is -2.25. The van der Waals surface area contributed by atoms with Crippen LogP contribution < -0.4 is 0 Å². The Labute approximate surface area is 186 Å². The minimum atomic E-state index is -0.262. The summed E-state index contributed by atoms with van der Waals surface area (Å²) < 4.78 is 19.1. The predicted octanol–water partition coefficient (Wildman–Crippen LogP) is 4.85. The quantitative estimate of drug-likeness (QED) is 0.525. The zero-order valence-electron chi connectivity index (χ0n) is 17.4. The second-order valence-electron chi connectivity index (χ2n) is 7.98. The third-order valence-electron chi connectivity index (χ3n) is 5.52. The standard InChI is InChI=1S/C24H25ClFN3O2/c1-28(15-17-8-10-19(26)11-9-17)16-23(30)29-12-4-7-22(29)24-27-14-20(31-24)13-18-5-2-3-6-21(18)25/h2-3,5-6,8-11,14,22H,4,7,12-13,15-16H2,1H3/t22-/m0/s1. The molecule has 1 fully saturated rings. The first-order chi connectivity index (χ1) is 15.0. The van der Waals surface area contributed by atoms with Crippen molar-refractivity contribution >= 4 is 17.5 Å². The molecular formula is C24H25ClFN3O2. The SMILES string of the molecule is CN(CC(=O)N1CCC[C@H]1c1ncc(Cc2ccccc2Cl)o1)Cc1ccc(F)cc1. The lowest BCUT2D eigenvalue weighted by Crippen LogP contribution is -2.38. The molecule has 31 heavy (non-hydrogen) atoms. The Morgan fingerprint density at radius 1 is 1.26 bits per heavy atom. The number of halogens is 2. The van der Waals surface area contributed by atoms with E-state index in [0.29, 0.717) is 30.4 Å². The Hall–Kier alpha value is -2.70. The molecule has 1 atom stereocenters. The fourth-order valence-electron chi connectivity index (χ4n) is 3.99. The molecule has 1 aromatic heterocycles. The van der Waals surface area contributed by atoms with Crippen LogP contribution in [0.4, 0.5) is 4.39 Å². The molecule has 0 aliphatic carbocycles. The summed E-state index contributed by atoms with van der Waals surface area (Å²) in [7, 11) is 1.89. The summed E-state index contributed by atoms with van der Waals surface area (Å²) in [5, 5.41) is 0.697. The molecule has 1 aliphatic heterocycles. The smallest absolute Gasteiger partial charge is 0.237 e. The van der Waals surface area contributed by atoms with Crippen molar-refractivity contribution in [1.82, 2.24) is 14.8 Å². The van der Waals surface area contributed by atoms with Gasteiger partial charge in [-0.2, -0.15) is 0 Å². The van der Waals surface area contributed by atoms with Gasteiger partial charge in [0.15, 0.2) is 0 Å². The maximum Gasteiger partial charge on any atom is 0.237 e. The van der Waals surface area contributed by atoms with Crippen LogP contribution in [0.25, 0.3) is 0 Å². The average molecular weight is 442 g/mol. The minimum Gasteiger partial charge on any atom is -0.443 e. The number of carbonyl (C=O) groups excluding carboxylic acids is 1. The largest absolute Gasteiger partial charge is 0.443 e. The van der Waals surface area contributed by atoms with Gasteiger partial charge in [-0.1, -0.05) is 41.9 Å². The van der Waals surface area contributed by atoms with Crippen molar-refractivity contribution in [1.29, 1.82) is 0 Å². The predicted molar refractivity (Wildman–Crippen MR) is 117 cm³/mol. The Bertz CT molecular complexity index is 1040. The number of benzene rings is 2.